The predicted octanol–water partition coefficient (Wildman–Crippen LogP) is 3.51. The van der Waals surface area contributed by atoms with Crippen molar-refractivity contribution in [3.8, 4) is 0 Å². The molecule has 1 N–H and O–H groups in total. The summed E-state index contributed by atoms with van der Waals surface area (Å²) in [5.41, 5.74) is 0.862. The van der Waals surface area contributed by atoms with Crippen LogP contribution < -0.4 is 0 Å². The largest absolute Gasteiger partial charge is 0.481 e. The van der Waals surface area contributed by atoms with E-state index in [1.54, 1.807) is 0 Å². The van der Waals surface area contributed by atoms with E-state index < -0.39 is 5.97 Å². The molecule has 0 spiro atoms. The first-order valence-corrected chi connectivity index (χ1v) is 6.76. The molecule has 0 radical (unpaired) electrons. The minimum atomic E-state index is -0.777. The van der Waals surface area contributed by atoms with Crippen LogP contribution in [0.15, 0.2) is 41.3 Å². The molecule has 3 heteroatoms. The van der Waals surface area contributed by atoms with E-state index in [0.717, 1.165) is 5.56 Å². The Bertz CT molecular complexity index is 409. The summed E-state index contributed by atoms with van der Waals surface area (Å²) in [6.45, 7) is 0. The smallest absolute Gasteiger partial charge is 0.307 e. The number of hydrogen-bond donors (Lipinski definition) is 1. The summed E-state index contributed by atoms with van der Waals surface area (Å²) in [4.78, 5) is 11.8. The fourth-order valence-corrected chi connectivity index (χ4v) is 3.03. The molecule has 1 aromatic rings. The van der Waals surface area contributed by atoms with Crippen LogP contribution in [0.1, 0.15) is 24.8 Å². The first-order valence-electron chi connectivity index (χ1n) is 5.88. The number of carboxylic acids is 1. The fourth-order valence-electron chi connectivity index (χ4n) is 1.91. The van der Waals surface area contributed by atoms with Gasteiger partial charge in [-0.1, -0.05) is 24.3 Å². The molecule has 0 bridgehead atoms. The van der Waals surface area contributed by atoms with Gasteiger partial charge in [-0.05, 0) is 37.0 Å². The van der Waals surface area contributed by atoms with Gasteiger partial charge < -0.3 is 5.11 Å². The molecule has 0 heterocycles. The molecule has 0 fully saturated rings. The van der Waals surface area contributed by atoms with Crippen molar-refractivity contribution in [3.63, 3.8) is 0 Å². The topological polar surface area (TPSA) is 37.3 Å². The Labute approximate surface area is 106 Å². The van der Waals surface area contributed by atoms with E-state index in [1.807, 2.05) is 36.0 Å². The van der Waals surface area contributed by atoms with Gasteiger partial charge in [0.2, 0.25) is 0 Å². The SMILES string of the molecule is O=C(O)Cc1ccc(SC2C=CCCC2)cc1. The minimum Gasteiger partial charge on any atom is -0.481 e. The number of aliphatic carboxylic acids is 1. The van der Waals surface area contributed by atoms with Crippen LogP contribution in [0, 0.1) is 0 Å². The molecule has 1 atom stereocenters. The summed E-state index contributed by atoms with van der Waals surface area (Å²) < 4.78 is 0. The number of rotatable bonds is 4. The molecule has 1 aliphatic carbocycles. The van der Waals surface area contributed by atoms with Crippen LogP contribution in [0.4, 0.5) is 0 Å². The molecule has 90 valence electrons. The second kappa shape index (κ2) is 5.92. The fraction of sp³-hybridized carbons (Fsp3) is 0.357. The molecule has 1 aromatic carbocycles. The molecule has 0 saturated carbocycles. The van der Waals surface area contributed by atoms with Crippen LogP contribution in [0.2, 0.25) is 0 Å². The van der Waals surface area contributed by atoms with E-state index in [4.69, 9.17) is 5.11 Å². The second-order valence-corrected chi connectivity index (χ2v) is 5.54. The number of carboxylic acid groups (broad SMARTS) is 1. The van der Waals surface area contributed by atoms with Crippen molar-refractivity contribution in [2.24, 2.45) is 0 Å². The lowest BCUT2D eigenvalue weighted by molar-refractivity contribution is -0.136. The Kier molecular flexibility index (Phi) is 4.26. The Morgan fingerprint density at radius 2 is 2.12 bits per heavy atom. The third kappa shape index (κ3) is 3.93. The van der Waals surface area contributed by atoms with Gasteiger partial charge >= 0.3 is 5.97 Å². The normalized spacial score (nSPS) is 19.2. The van der Waals surface area contributed by atoms with Crippen molar-refractivity contribution in [2.75, 3.05) is 0 Å². The van der Waals surface area contributed by atoms with Gasteiger partial charge in [0, 0.05) is 10.1 Å². The monoisotopic (exact) mass is 248 g/mol. The highest BCUT2D eigenvalue weighted by atomic mass is 32.2. The third-order valence-corrected chi connectivity index (χ3v) is 4.02. The Morgan fingerprint density at radius 1 is 1.35 bits per heavy atom. The number of benzene rings is 1. The van der Waals surface area contributed by atoms with E-state index in [0.29, 0.717) is 5.25 Å². The van der Waals surface area contributed by atoms with E-state index in [1.165, 1.54) is 24.2 Å². The molecule has 1 unspecified atom stereocenters. The van der Waals surface area contributed by atoms with E-state index >= 15 is 0 Å². The Morgan fingerprint density at radius 3 is 2.71 bits per heavy atom. The first-order chi connectivity index (χ1) is 8.24. The van der Waals surface area contributed by atoms with Gasteiger partial charge in [-0.3, -0.25) is 4.79 Å². The second-order valence-electron chi connectivity index (χ2n) is 4.23. The maximum atomic E-state index is 10.6. The molecular formula is C14H16O2S. The summed E-state index contributed by atoms with van der Waals surface area (Å²) >= 11 is 1.86. The molecule has 1 aliphatic rings. The van der Waals surface area contributed by atoms with Crippen LogP contribution in [-0.4, -0.2) is 16.3 Å². The van der Waals surface area contributed by atoms with Crippen LogP contribution in [-0.2, 0) is 11.2 Å². The lowest BCUT2D eigenvalue weighted by Crippen LogP contribution is -2.02. The van der Waals surface area contributed by atoms with Gasteiger partial charge in [0.1, 0.15) is 0 Å². The molecular weight excluding hydrogens is 232 g/mol. The molecule has 0 aromatic heterocycles. The summed E-state index contributed by atoms with van der Waals surface area (Å²) in [5.74, 6) is -0.777. The summed E-state index contributed by atoms with van der Waals surface area (Å²) in [6.07, 6.45) is 8.34. The molecule has 0 amide bonds. The van der Waals surface area contributed by atoms with Gasteiger partial charge in [0.05, 0.1) is 6.42 Å². The van der Waals surface area contributed by atoms with Crippen LogP contribution >= 0.6 is 11.8 Å². The number of hydrogen-bond acceptors (Lipinski definition) is 2. The van der Waals surface area contributed by atoms with Gasteiger partial charge in [0.15, 0.2) is 0 Å². The van der Waals surface area contributed by atoms with Crippen molar-refractivity contribution < 1.29 is 9.90 Å². The quantitative estimate of drug-likeness (QED) is 0.828. The van der Waals surface area contributed by atoms with Gasteiger partial charge in [0.25, 0.3) is 0 Å². The van der Waals surface area contributed by atoms with Crippen molar-refractivity contribution in [1.82, 2.24) is 0 Å². The van der Waals surface area contributed by atoms with E-state index in [-0.39, 0.29) is 6.42 Å². The van der Waals surface area contributed by atoms with Gasteiger partial charge in [-0.15, -0.1) is 11.8 Å². The zero-order chi connectivity index (χ0) is 12.1. The first kappa shape index (κ1) is 12.2. The Balaban J connectivity index is 1.95. The summed E-state index contributed by atoms with van der Waals surface area (Å²) in [7, 11) is 0. The molecule has 17 heavy (non-hydrogen) atoms. The summed E-state index contributed by atoms with van der Waals surface area (Å²) in [6, 6.07) is 7.85. The average molecular weight is 248 g/mol. The maximum absolute atomic E-state index is 10.6. The highest BCUT2D eigenvalue weighted by Gasteiger charge is 2.09. The molecule has 2 rings (SSSR count). The highest BCUT2D eigenvalue weighted by Crippen LogP contribution is 2.30. The minimum absolute atomic E-state index is 0.105. The van der Waals surface area contributed by atoms with Crippen molar-refractivity contribution in [1.29, 1.82) is 0 Å². The van der Waals surface area contributed by atoms with Crippen LogP contribution in [0.25, 0.3) is 0 Å². The molecule has 0 saturated heterocycles. The average Bonchev–Trinajstić information content (AvgIpc) is 2.32. The van der Waals surface area contributed by atoms with Crippen molar-refractivity contribution >= 4 is 17.7 Å². The van der Waals surface area contributed by atoms with Gasteiger partial charge in [-0.25, -0.2) is 0 Å². The lowest BCUT2D eigenvalue weighted by atomic mass is 10.1. The van der Waals surface area contributed by atoms with Crippen molar-refractivity contribution in [2.45, 2.75) is 35.8 Å². The standard InChI is InChI=1S/C14H16O2S/c15-14(16)10-11-6-8-13(9-7-11)17-12-4-2-1-3-5-12/h2,4,6-9,12H,1,3,5,10H2,(H,15,16). The third-order valence-electron chi connectivity index (χ3n) is 2.78. The lowest BCUT2D eigenvalue weighted by Gasteiger charge is -2.15. The maximum Gasteiger partial charge on any atom is 0.307 e. The highest BCUT2D eigenvalue weighted by molar-refractivity contribution is 8.00. The van der Waals surface area contributed by atoms with Gasteiger partial charge in [-0.2, -0.15) is 0 Å². The Hall–Kier alpha value is -1.22. The molecule has 2 nitrogen and oxygen atoms in total. The zero-order valence-electron chi connectivity index (χ0n) is 9.63. The van der Waals surface area contributed by atoms with Crippen molar-refractivity contribution in [3.05, 3.63) is 42.0 Å². The van der Waals surface area contributed by atoms with Crippen LogP contribution in [0.3, 0.4) is 0 Å². The van der Waals surface area contributed by atoms with E-state index in [9.17, 15) is 4.79 Å². The predicted molar refractivity (Wildman–Crippen MR) is 70.4 cm³/mol. The molecule has 0 aliphatic heterocycles. The zero-order valence-corrected chi connectivity index (χ0v) is 10.5. The number of carbonyl (C=O) groups is 1. The summed E-state index contributed by atoms with van der Waals surface area (Å²) in [5, 5.41) is 9.26. The van der Waals surface area contributed by atoms with E-state index in [2.05, 4.69) is 12.2 Å². The van der Waals surface area contributed by atoms with Crippen LogP contribution in [0.5, 0.6) is 0 Å². The number of allylic oxidation sites excluding steroid dienone is 1. The number of thioether (sulfide) groups is 1.